The predicted octanol–water partition coefficient (Wildman–Crippen LogP) is 0.275. The minimum absolute atomic E-state index is 0.0632. The molecule has 0 spiro atoms. The minimum Gasteiger partial charge on any atom is -0.345 e. The van der Waals surface area contributed by atoms with Crippen LogP contribution in [0.5, 0.6) is 0 Å². The number of carbonyl (C=O) groups excluding carboxylic acids is 2. The molecule has 2 atom stereocenters. The molecular formula is C23H27ClN6O8S4. The third-order valence-corrected chi connectivity index (χ3v) is 12.0. The number of piperazine rings is 1. The first-order chi connectivity index (χ1) is 19.5. The van der Waals surface area contributed by atoms with Crippen molar-refractivity contribution in [1.29, 1.82) is 0 Å². The molecule has 1 aromatic carbocycles. The lowest BCUT2D eigenvalue weighted by Gasteiger charge is -2.40. The predicted molar refractivity (Wildman–Crippen MR) is 156 cm³/mol. The molecule has 1 fully saturated rings. The molecule has 0 radical (unpaired) electrons. The number of fused-ring (bicyclic) bond motifs is 2. The summed E-state index contributed by atoms with van der Waals surface area (Å²) in [6.45, 7) is -0.281. The molecule has 4 heterocycles. The van der Waals surface area contributed by atoms with Crippen LogP contribution in [-0.4, -0.2) is 99.8 Å². The summed E-state index contributed by atoms with van der Waals surface area (Å²) in [4.78, 5) is 35.5. The molecule has 42 heavy (non-hydrogen) atoms. The fourth-order valence-electron chi connectivity index (χ4n) is 4.96. The summed E-state index contributed by atoms with van der Waals surface area (Å²) in [6.07, 6.45) is 1.51. The highest BCUT2D eigenvalue weighted by atomic mass is 35.5. The monoisotopic (exact) mass is 678 g/mol. The van der Waals surface area contributed by atoms with Gasteiger partial charge in [-0.2, -0.15) is 4.31 Å². The van der Waals surface area contributed by atoms with Gasteiger partial charge in [0.2, 0.25) is 15.9 Å². The number of hydrogen-bond acceptors (Lipinski definition) is 11. The lowest BCUT2D eigenvalue weighted by molar-refractivity contribution is -0.120. The normalized spacial score (nSPS) is 20.4. The third kappa shape index (κ3) is 6.48. The summed E-state index contributed by atoms with van der Waals surface area (Å²) >= 11 is 7.12. The number of halogens is 1. The Hall–Kier alpha value is -2.61. The van der Waals surface area contributed by atoms with E-state index in [1.54, 1.807) is 18.2 Å². The Bertz CT molecular complexity index is 1900. The maximum Gasteiger partial charge on any atom is 0.283 e. The van der Waals surface area contributed by atoms with Gasteiger partial charge >= 0.3 is 0 Å². The number of aromatic nitrogens is 2. The van der Waals surface area contributed by atoms with Gasteiger partial charge in [-0.15, -0.1) is 11.3 Å². The molecule has 2 unspecified atom stereocenters. The van der Waals surface area contributed by atoms with Crippen molar-refractivity contribution < 1.29 is 34.8 Å². The number of H-pyrrole nitrogens is 1. The lowest BCUT2D eigenvalue weighted by Crippen LogP contribution is -2.57. The zero-order chi connectivity index (χ0) is 30.6. The van der Waals surface area contributed by atoms with Crippen LogP contribution in [0.3, 0.4) is 0 Å². The number of rotatable bonds is 7. The van der Waals surface area contributed by atoms with Gasteiger partial charge in [0.1, 0.15) is 10.4 Å². The molecule has 2 aromatic heterocycles. The van der Waals surface area contributed by atoms with Crippen molar-refractivity contribution >= 4 is 75.5 Å². The molecule has 2 aliphatic heterocycles. The van der Waals surface area contributed by atoms with Gasteiger partial charge in [0.15, 0.2) is 14.8 Å². The van der Waals surface area contributed by atoms with Gasteiger partial charge in [-0.1, -0.05) is 11.6 Å². The van der Waals surface area contributed by atoms with E-state index in [0.717, 1.165) is 28.2 Å². The quantitative estimate of drug-likeness (QED) is 0.312. The number of aromatic amines is 1. The summed E-state index contributed by atoms with van der Waals surface area (Å²) in [7, 11) is -11.4. The van der Waals surface area contributed by atoms with E-state index < -0.39 is 59.5 Å². The Morgan fingerprint density at radius 1 is 1.12 bits per heavy atom. The second-order valence-electron chi connectivity index (χ2n) is 10.2. The van der Waals surface area contributed by atoms with E-state index >= 15 is 0 Å². The van der Waals surface area contributed by atoms with Crippen LogP contribution in [0.1, 0.15) is 26.8 Å². The van der Waals surface area contributed by atoms with E-state index in [-0.39, 0.29) is 42.6 Å². The Labute approximate surface area is 251 Å². The number of nitrogens with one attached hydrogen (secondary N) is 3. The number of sulfonamides is 2. The minimum atomic E-state index is -4.11. The van der Waals surface area contributed by atoms with Crippen molar-refractivity contribution in [3.05, 3.63) is 44.9 Å². The molecule has 3 aromatic rings. The smallest absolute Gasteiger partial charge is 0.283 e. The number of carbonyl (C=O) groups is 2. The molecule has 0 saturated carbocycles. The Morgan fingerprint density at radius 3 is 2.55 bits per heavy atom. The Morgan fingerprint density at radius 2 is 1.86 bits per heavy atom. The van der Waals surface area contributed by atoms with Gasteiger partial charge in [-0.05, 0) is 24.3 Å². The summed E-state index contributed by atoms with van der Waals surface area (Å²) in [5.41, 5.74) is 1.03. The lowest BCUT2D eigenvalue weighted by atomic mass is 10.1. The summed E-state index contributed by atoms with van der Waals surface area (Å²) in [5, 5.41) is 3.06. The number of benzene rings is 1. The van der Waals surface area contributed by atoms with Crippen LogP contribution >= 0.6 is 22.9 Å². The SMILES string of the molecule is CS(=O)(=O)NC(=O)CC1CN(S(=O)(=O)c2cc3cc(Cl)ccc3[nH]2)CCN1C(=O)c1nc2c(s1)CNC(S(C)(=O)=O)C2. The van der Waals surface area contributed by atoms with Gasteiger partial charge in [0.25, 0.3) is 15.9 Å². The maximum atomic E-state index is 13.6. The number of amides is 2. The molecule has 5 rings (SSSR count). The van der Waals surface area contributed by atoms with Crippen LogP contribution in [-0.2, 0) is 47.6 Å². The molecule has 228 valence electrons. The highest BCUT2D eigenvalue weighted by Gasteiger charge is 2.40. The zero-order valence-electron chi connectivity index (χ0n) is 22.3. The average Bonchev–Trinajstić information content (AvgIpc) is 3.50. The van der Waals surface area contributed by atoms with Crippen LogP contribution in [0.4, 0.5) is 0 Å². The van der Waals surface area contributed by atoms with E-state index in [9.17, 15) is 34.8 Å². The topological polar surface area (TPSA) is 196 Å². The largest absolute Gasteiger partial charge is 0.345 e. The first kappa shape index (κ1) is 30.8. The number of hydrogen-bond donors (Lipinski definition) is 3. The molecule has 2 amide bonds. The van der Waals surface area contributed by atoms with E-state index in [1.165, 1.54) is 11.0 Å². The highest BCUT2D eigenvalue weighted by Crippen LogP contribution is 2.29. The molecule has 0 aliphatic carbocycles. The van der Waals surface area contributed by atoms with Crippen molar-refractivity contribution in [2.75, 3.05) is 32.1 Å². The first-order valence-electron chi connectivity index (χ1n) is 12.5. The van der Waals surface area contributed by atoms with Gasteiger partial charge in [-0.25, -0.2) is 30.2 Å². The number of thiazole rings is 1. The van der Waals surface area contributed by atoms with E-state index in [1.807, 2.05) is 4.72 Å². The van der Waals surface area contributed by atoms with E-state index in [2.05, 4.69) is 15.3 Å². The summed E-state index contributed by atoms with van der Waals surface area (Å²) in [5.74, 6) is -1.47. The molecule has 2 aliphatic rings. The zero-order valence-corrected chi connectivity index (χ0v) is 26.3. The summed E-state index contributed by atoms with van der Waals surface area (Å²) in [6, 6.07) is 5.29. The second-order valence-corrected chi connectivity index (χ2v) is 17.6. The molecular weight excluding hydrogens is 652 g/mol. The van der Waals surface area contributed by atoms with Crippen molar-refractivity contribution in [3.63, 3.8) is 0 Å². The highest BCUT2D eigenvalue weighted by molar-refractivity contribution is 7.91. The molecule has 0 bridgehead atoms. The van der Waals surface area contributed by atoms with Crippen LogP contribution < -0.4 is 10.0 Å². The van der Waals surface area contributed by atoms with Gasteiger partial charge in [0.05, 0.1) is 18.0 Å². The summed E-state index contributed by atoms with van der Waals surface area (Å²) < 4.78 is 77.5. The van der Waals surface area contributed by atoms with Crippen molar-refractivity contribution in [1.82, 2.24) is 29.2 Å². The van der Waals surface area contributed by atoms with Crippen molar-refractivity contribution in [2.24, 2.45) is 0 Å². The van der Waals surface area contributed by atoms with Crippen LogP contribution in [0.15, 0.2) is 29.3 Å². The second kappa shape index (κ2) is 11.1. The van der Waals surface area contributed by atoms with E-state index in [4.69, 9.17) is 11.6 Å². The molecule has 14 nitrogen and oxygen atoms in total. The standard InChI is InChI=1S/C23H27ClN6O8S4/c1-40(33,34)20-10-17-18(11-25-20)39-22(27-17)23(32)30-6-5-29(12-15(30)9-19(31)28-41(2,35)36)42(37,38)21-8-13-7-14(24)3-4-16(13)26-21/h3-4,7-8,15,20,25-26H,5-6,9-12H2,1-2H3,(H,28,31). The number of sulfone groups is 1. The fraction of sp³-hybridized carbons (Fsp3) is 0.435. The van der Waals surface area contributed by atoms with Crippen LogP contribution in [0.25, 0.3) is 10.9 Å². The number of nitrogens with zero attached hydrogens (tertiary/aromatic N) is 3. The Kier molecular flexibility index (Phi) is 8.18. The van der Waals surface area contributed by atoms with Crippen molar-refractivity contribution in [2.45, 2.75) is 35.8 Å². The molecule has 19 heteroatoms. The van der Waals surface area contributed by atoms with Crippen LogP contribution in [0, 0.1) is 0 Å². The third-order valence-electron chi connectivity index (χ3n) is 6.95. The molecule has 3 N–H and O–H groups in total. The van der Waals surface area contributed by atoms with Gasteiger partial charge in [0, 0.05) is 66.1 Å². The Balaban J connectivity index is 1.42. The molecule has 1 saturated heterocycles. The first-order valence-corrected chi connectivity index (χ1v) is 19.0. The average molecular weight is 679 g/mol. The van der Waals surface area contributed by atoms with Crippen LogP contribution in [0.2, 0.25) is 5.02 Å². The van der Waals surface area contributed by atoms with E-state index in [0.29, 0.717) is 26.5 Å². The van der Waals surface area contributed by atoms with Gasteiger partial charge < -0.3 is 9.88 Å². The van der Waals surface area contributed by atoms with Crippen molar-refractivity contribution in [3.8, 4) is 0 Å². The van der Waals surface area contributed by atoms with Gasteiger partial charge in [-0.3, -0.25) is 19.6 Å². The fourth-order valence-corrected chi connectivity index (χ4v) is 8.96. The maximum absolute atomic E-state index is 13.6.